The number of carbonyl (C=O) groups excluding carboxylic acids is 9. The molecule has 0 spiro atoms. The zero-order valence-corrected chi connectivity index (χ0v) is 38.4. The molecule has 1 aromatic heterocycles. The Morgan fingerprint density at radius 3 is 2.28 bits per heavy atom. The highest BCUT2D eigenvalue weighted by Gasteiger charge is 2.45. The van der Waals surface area contributed by atoms with E-state index in [1.165, 1.54) is 20.1 Å². The van der Waals surface area contributed by atoms with Gasteiger partial charge in [0.1, 0.15) is 48.6 Å². The smallest absolute Gasteiger partial charge is 0.308 e. The number of nitrogens with one attached hydrogen (secondary N) is 8. The van der Waals surface area contributed by atoms with Crippen molar-refractivity contribution >= 4 is 75.9 Å². The third-order valence-electron chi connectivity index (χ3n) is 11.9. The number of thioether (sulfide) groups is 1. The summed E-state index contributed by atoms with van der Waals surface area (Å²) < 4.78 is 10.6. The average Bonchev–Trinajstić information content (AvgIpc) is 3.88. The fraction of sp³-hybridized carbons (Fsp3) is 0.558. The minimum absolute atomic E-state index is 0.258. The summed E-state index contributed by atoms with van der Waals surface area (Å²) >= 11 is 0.998. The van der Waals surface area contributed by atoms with Gasteiger partial charge in [0, 0.05) is 42.5 Å². The lowest BCUT2D eigenvalue weighted by atomic mass is 9.93. The summed E-state index contributed by atoms with van der Waals surface area (Å²) in [7, 11) is 1.45. The highest BCUT2D eigenvalue weighted by atomic mass is 32.2. The van der Waals surface area contributed by atoms with Gasteiger partial charge in [0.2, 0.25) is 47.3 Å². The zero-order valence-electron chi connectivity index (χ0n) is 37.5. The number of aliphatic hydroxyl groups is 3. The van der Waals surface area contributed by atoms with E-state index in [0.717, 1.165) is 16.7 Å². The van der Waals surface area contributed by atoms with E-state index in [1.54, 1.807) is 32.0 Å². The molecule has 67 heavy (non-hydrogen) atoms. The number of ether oxygens (including phenoxy) is 2. The molecule has 1 aromatic carbocycles. The topological polar surface area (TPSA) is 336 Å². The molecule has 5 rings (SSSR count). The Bertz CT molecular complexity index is 2220. The first kappa shape index (κ1) is 51.7. The van der Waals surface area contributed by atoms with Crippen molar-refractivity contribution in [1.29, 1.82) is 0 Å². The molecule has 2 aromatic rings. The molecule has 4 heterocycles. The van der Waals surface area contributed by atoms with Crippen molar-refractivity contribution in [1.82, 2.24) is 47.1 Å². The number of methoxy groups -OCH3 is 1. The molecule has 1 saturated heterocycles. The van der Waals surface area contributed by atoms with Crippen LogP contribution < -0.4 is 42.0 Å². The molecule has 3 aliphatic heterocycles. The van der Waals surface area contributed by atoms with Gasteiger partial charge in [0.25, 0.3) is 0 Å². The Hall–Kier alpha value is -6.24. The number of aromatic nitrogens is 1. The molecule has 8 amide bonds. The number of rotatable bonds is 10. The summed E-state index contributed by atoms with van der Waals surface area (Å²) in [5, 5.41) is 50.3. The van der Waals surface area contributed by atoms with Crippen LogP contribution in [0.1, 0.15) is 45.6 Å². The number of nitrogens with zero attached hydrogens (tertiary/aromatic N) is 1. The summed E-state index contributed by atoms with van der Waals surface area (Å²) in [6.07, 6.45) is -2.70. The van der Waals surface area contributed by atoms with Gasteiger partial charge in [-0.1, -0.05) is 39.8 Å². The first-order valence-corrected chi connectivity index (χ1v) is 22.8. The van der Waals surface area contributed by atoms with E-state index in [4.69, 9.17) is 9.47 Å². The molecule has 3 aliphatic rings. The predicted octanol–water partition coefficient (Wildman–Crippen LogP) is -3.39. The van der Waals surface area contributed by atoms with E-state index in [0.29, 0.717) is 33.7 Å². The molecule has 0 radical (unpaired) electrons. The van der Waals surface area contributed by atoms with Gasteiger partial charge in [-0.3, -0.25) is 43.2 Å². The first-order chi connectivity index (χ1) is 31.9. The predicted molar refractivity (Wildman–Crippen MR) is 239 cm³/mol. The second-order valence-corrected chi connectivity index (χ2v) is 17.7. The molecule has 10 atom stereocenters. The molecule has 24 heteroatoms. The Morgan fingerprint density at radius 1 is 0.910 bits per heavy atom. The van der Waals surface area contributed by atoms with Gasteiger partial charge in [-0.2, -0.15) is 0 Å². The standard InChI is InChI=1S/C43H59N9O14S/c1-6-10-66-34(58)14-28-43(64)52-17-22(54)11-30(52)39(61)51-36(21(4)31(55)18-53)41(63)47-27-13-25-24-9-8-23(65-5)12-26(24)49-42(25)67-19-29(38(60)48-28)46-32(56)15-45-40(62)35(20(3)7-2)50-33(57)16-44-37(27)59/h6,8-9,12,20-22,27-31,35-36,49,53-55H,1,7,10-11,13-19H2,2-5H3,(H,44,59)(H,45,62)(H,46,56)(H,47,63)(H,48,60)(H,50,57)(H,51,61)/t20-,21-,22+,27-,28-,29+,30?,31-,35+,36+/m0/s1. The second-order valence-electron chi connectivity index (χ2n) is 16.6. The number of H-pyrrole nitrogens is 1. The molecular weight excluding hydrogens is 899 g/mol. The van der Waals surface area contributed by atoms with Crippen molar-refractivity contribution < 1.29 is 67.9 Å². The van der Waals surface area contributed by atoms with Crippen LogP contribution in [0, 0.1) is 11.8 Å². The number of aromatic amines is 1. The third kappa shape index (κ3) is 13.0. The van der Waals surface area contributed by atoms with Crippen molar-refractivity contribution in [3.05, 3.63) is 36.4 Å². The normalized spacial score (nSPS) is 26.5. The number of benzene rings is 1. The summed E-state index contributed by atoms with van der Waals surface area (Å²) in [6, 6.07) is -4.27. The van der Waals surface area contributed by atoms with Crippen molar-refractivity contribution in [3.63, 3.8) is 0 Å². The van der Waals surface area contributed by atoms with Crippen molar-refractivity contribution in [2.45, 2.75) is 99.9 Å². The molecule has 1 unspecified atom stereocenters. The van der Waals surface area contributed by atoms with Crippen molar-refractivity contribution in [2.75, 3.05) is 45.7 Å². The number of amides is 8. The van der Waals surface area contributed by atoms with E-state index in [9.17, 15) is 58.5 Å². The van der Waals surface area contributed by atoms with Gasteiger partial charge < -0.3 is 71.9 Å². The number of hydrogen-bond donors (Lipinski definition) is 11. The van der Waals surface area contributed by atoms with Gasteiger partial charge in [-0.25, -0.2) is 0 Å². The number of aliphatic hydroxyl groups excluding tert-OH is 3. The highest BCUT2D eigenvalue weighted by Crippen LogP contribution is 2.34. The minimum atomic E-state index is -1.76. The van der Waals surface area contributed by atoms with E-state index in [2.05, 4.69) is 48.8 Å². The third-order valence-corrected chi connectivity index (χ3v) is 13.1. The Labute approximate surface area is 389 Å². The number of fused-ring (bicyclic) bond motifs is 5. The van der Waals surface area contributed by atoms with Gasteiger partial charge in [0.05, 0.1) is 56.0 Å². The van der Waals surface area contributed by atoms with Gasteiger partial charge in [-0.15, -0.1) is 11.8 Å². The van der Waals surface area contributed by atoms with Crippen LogP contribution in [0.4, 0.5) is 0 Å². The van der Waals surface area contributed by atoms with Crippen LogP contribution >= 0.6 is 11.8 Å². The monoisotopic (exact) mass is 957 g/mol. The van der Waals surface area contributed by atoms with E-state index in [-0.39, 0.29) is 25.2 Å². The van der Waals surface area contributed by atoms with Crippen LogP contribution in [0.25, 0.3) is 10.9 Å². The summed E-state index contributed by atoms with van der Waals surface area (Å²) in [4.78, 5) is 130. The zero-order chi connectivity index (χ0) is 49.1. The van der Waals surface area contributed by atoms with Crippen LogP contribution in [0.5, 0.6) is 5.75 Å². The van der Waals surface area contributed by atoms with Crippen LogP contribution in [-0.2, 0) is 54.3 Å². The Morgan fingerprint density at radius 2 is 1.61 bits per heavy atom. The van der Waals surface area contributed by atoms with Crippen LogP contribution in [-0.4, -0.2) is 173 Å². The molecule has 11 N–H and O–H groups in total. The number of esters is 1. The summed E-state index contributed by atoms with van der Waals surface area (Å²) in [5.41, 5.74) is 0.889. The van der Waals surface area contributed by atoms with Crippen molar-refractivity contribution in [2.24, 2.45) is 11.8 Å². The second kappa shape index (κ2) is 23.5. The molecule has 366 valence electrons. The lowest BCUT2D eigenvalue weighted by Crippen LogP contribution is -2.62. The fourth-order valence-electron chi connectivity index (χ4n) is 7.86. The van der Waals surface area contributed by atoms with Crippen LogP contribution in [0.3, 0.4) is 0 Å². The summed E-state index contributed by atoms with van der Waals surface area (Å²) in [5.74, 6) is -9.87. The maximum Gasteiger partial charge on any atom is 0.308 e. The molecular formula is C43H59N9O14S. The molecule has 23 nitrogen and oxygen atoms in total. The highest BCUT2D eigenvalue weighted by molar-refractivity contribution is 7.99. The largest absolute Gasteiger partial charge is 0.497 e. The first-order valence-electron chi connectivity index (χ1n) is 21.8. The van der Waals surface area contributed by atoms with Gasteiger partial charge in [0.15, 0.2) is 0 Å². The van der Waals surface area contributed by atoms with E-state index in [1.807, 2.05) is 0 Å². The number of carbonyl (C=O) groups is 9. The molecule has 1 fully saturated rings. The SMILES string of the molecule is C=CCOC(=O)C[C@@H]1NC(=O)[C@H]2CSc3[nH]c4cc(OC)ccc4c3C[C@H](NC(=O)[C@@H]([C@@H](C)[C@@H](O)CO)NC(=O)C3C[C@@H](O)CN3C1=O)C(=O)NCC(=O)N[C@H]([C@@H](C)CC)C(=O)NCC(=O)N2. The minimum Gasteiger partial charge on any atom is -0.497 e. The average molecular weight is 958 g/mol. The van der Waals surface area contributed by atoms with E-state index < -0.39 is 146 Å². The Kier molecular flexibility index (Phi) is 18.1. The number of hydrogen-bond acceptors (Lipinski definition) is 15. The molecule has 0 saturated carbocycles. The maximum absolute atomic E-state index is 14.5. The van der Waals surface area contributed by atoms with Crippen molar-refractivity contribution in [3.8, 4) is 5.75 Å². The lowest BCUT2D eigenvalue weighted by Gasteiger charge is -2.32. The van der Waals surface area contributed by atoms with Gasteiger partial charge in [-0.05, 0) is 23.6 Å². The van der Waals surface area contributed by atoms with E-state index >= 15 is 0 Å². The fourth-order valence-corrected chi connectivity index (χ4v) is 8.97. The quantitative estimate of drug-likeness (QED) is 0.0818. The maximum atomic E-state index is 14.5. The van der Waals surface area contributed by atoms with Gasteiger partial charge >= 0.3 is 5.97 Å². The molecule has 0 aliphatic carbocycles. The lowest BCUT2D eigenvalue weighted by molar-refractivity contribution is -0.149. The Balaban J connectivity index is 1.72. The van der Waals surface area contributed by atoms with Crippen LogP contribution in [0.2, 0.25) is 0 Å². The molecule has 2 bridgehead atoms. The van der Waals surface area contributed by atoms with Crippen LogP contribution in [0.15, 0.2) is 35.9 Å². The summed E-state index contributed by atoms with van der Waals surface area (Å²) in [6.45, 7) is 5.39.